The summed E-state index contributed by atoms with van der Waals surface area (Å²) < 4.78 is 4.62. The third-order valence-corrected chi connectivity index (χ3v) is 2.27. The van der Waals surface area contributed by atoms with Crippen molar-refractivity contribution in [1.82, 2.24) is 5.32 Å². The van der Waals surface area contributed by atoms with Crippen LogP contribution >= 0.6 is 0 Å². The van der Waals surface area contributed by atoms with E-state index in [0.29, 0.717) is 6.54 Å². The van der Waals surface area contributed by atoms with Gasteiger partial charge >= 0.3 is 6.09 Å². The molecule has 0 saturated carbocycles. The molecule has 5 nitrogen and oxygen atoms in total. The minimum atomic E-state index is -0.787. The van der Waals surface area contributed by atoms with Crippen LogP contribution in [0.3, 0.4) is 0 Å². The molecule has 1 unspecified atom stereocenters. The summed E-state index contributed by atoms with van der Waals surface area (Å²) in [4.78, 5) is 21.5. The van der Waals surface area contributed by atoms with E-state index < -0.39 is 6.09 Å². The number of amides is 2. The first kappa shape index (κ1) is 9.83. The van der Waals surface area contributed by atoms with Crippen LogP contribution in [0.4, 0.5) is 4.79 Å². The molecule has 2 amide bonds. The van der Waals surface area contributed by atoms with E-state index in [2.05, 4.69) is 10.1 Å². The topological polar surface area (TPSA) is 81.4 Å². The lowest BCUT2D eigenvalue weighted by molar-refractivity contribution is -0.124. The number of carbonyl (C=O) groups excluding carboxylic acids is 2. The largest absolute Gasteiger partial charge is 0.449 e. The predicted octanol–water partition coefficient (Wildman–Crippen LogP) is -0.146. The highest BCUT2D eigenvalue weighted by Crippen LogP contribution is 2.19. The van der Waals surface area contributed by atoms with Gasteiger partial charge in [0, 0.05) is 18.4 Å². The van der Waals surface area contributed by atoms with Gasteiger partial charge in [-0.15, -0.1) is 0 Å². The molecule has 1 aliphatic rings. The van der Waals surface area contributed by atoms with Crippen molar-refractivity contribution in [2.45, 2.75) is 13.3 Å². The Balaban J connectivity index is 2.34. The zero-order valence-electron chi connectivity index (χ0n) is 7.58. The lowest BCUT2D eigenvalue weighted by atomic mass is 9.93. The molecule has 1 aliphatic heterocycles. The highest BCUT2D eigenvalue weighted by atomic mass is 16.5. The fourth-order valence-corrected chi connectivity index (χ4v) is 1.49. The molecule has 0 aliphatic carbocycles. The summed E-state index contributed by atoms with van der Waals surface area (Å²) in [6, 6.07) is 0. The Morgan fingerprint density at radius 1 is 1.85 bits per heavy atom. The summed E-state index contributed by atoms with van der Waals surface area (Å²) in [7, 11) is 0. The van der Waals surface area contributed by atoms with Crippen LogP contribution in [0.2, 0.25) is 0 Å². The van der Waals surface area contributed by atoms with Crippen LogP contribution in [-0.2, 0) is 9.53 Å². The summed E-state index contributed by atoms with van der Waals surface area (Å²) >= 11 is 0. The number of primary amides is 1. The second kappa shape index (κ2) is 4.11. The van der Waals surface area contributed by atoms with Crippen molar-refractivity contribution in [3.63, 3.8) is 0 Å². The molecule has 0 radical (unpaired) electrons. The Morgan fingerprint density at radius 3 is 3.00 bits per heavy atom. The Morgan fingerprint density at radius 2 is 2.54 bits per heavy atom. The molecule has 0 aromatic rings. The maximum Gasteiger partial charge on any atom is 0.404 e. The van der Waals surface area contributed by atoms with Crippen LogP contribution in [0, 0.1) is 11.8 Å². The van der Waals surface area contributed by atoms with E-state index in [1.54, 1.807) is 0 Å². The van der Waals surface area contributed by atoms with Crippen LogP contribution in [0.1, 0.15) is 13.3 Å². The fraction of sp³-hybridized carbons (Fsp3) is 0.750. The van der Waals surface area contributed by atoms with Gasteiger partial charge in [0.2, 0.25) is 5.91 Å². The van der Waals surface area contributed by atoms with Gasteiger partial charge in [-0.3, -0.25) is 4.79 Å². The average molecular weight is 186 g/mol. The average Bonchev–Trinajstić information content (AvgIpc) is 2.47. The Kier molecular flexibility index (Phi) is 3.11. The molecule has 1 saturated heterocycles. The van der Waals surface area contributed by atoms with E-state index >= 15 is 0 Å². The summed E-state index contributed by atoms with van der Waals surface area (Å²) in [5, 5.41) is 2.73. The second-order valence-electron chi connectivity index (χ2n) is 3.29. The molecule has 0 spiro atoms. The van der Waals surface area contributed by atoms with Crippen LogP contribution in [-0.4, -0.2) is 25.2 Å². The van der Waals surface area contributed by atoms with E-state index in [1.807, 2.05) is 6.92 Å². The quantitative estimate of drug-likeness (QED) is 0.643. The van der Waals surface area contributed by atoms with Gasteiger partial charge in [-0.25, -0.2) is 4.79 Å². The summed E-state index contributed by atoms with van der Waals surface area (Å²) in [5.74, 6) is 0.0370. The smallest absolute Gasteiger partial charge is 0.404 e. The maximum atomic E-state index is 11.2. The fourth-order valence-electron chi connectivity index (χ4n) is 1.49. The van der Waals surface area contributed by atoms with Crippen LogP contribution in [0.15, 0.2) is 0 Å². The summed E-state index contributed by atoms with van der Waals surface area (Å²) in [6.07, 6.45) is 0.0209. The lowest BCUT2D eigenvalue weighted by Crippen LogP contribution is -2.27. The van der Waals surface area contributed by atoms with Crippen molar-refractivity contribution in [2.75, 3.05) is 13.2 Å². The van der Waals surface area contributed by atoms with Crippen molar-refractivity contribution in [2.24, 2.45) is 17.6 Å². The monoisotopic (exact) mass is 186 g/mol. The number of carbonyl (C=O) groups is 2. The van der Waals surface area contributed by atoms with Gasteiger partial charge in [-0.2, -0.15) is 0 Å². The van der Waals surface area contributed by atoms with Crippen molar-refractivity contribution in [3.8, 4) is 0 Å². The molecule has 0 bridgehead atoms. The normalized spacial score (nSPS) is 23.8. The Hall–Kier alpha value is -1.26. The molecule has 5 heteroatoms. The molecule has 1 fully saturated rings. The summed E-state index contributed by atoms with van der Waals surface area (Å²) in [5.41, 5.74) is 4.81. The molecule has 1 rings (SSSR count). The molecule has 2 atom stereocenters. The van der Waals surface area contributed by atoms with Gasteiger partial charge in [0.05, 0.1) is 6.61 Å². The first-order chi connectivity index (χ1) is 6.11. The minimum absolute atomic E-state index is 0.0370. The number of hydrogen-bond acceptors (Lipinski definition) is 3. The molecule has 0 aromatic carbocycles. The van der Waals surface area contributed by atoms with Crippen molar-refractivity contribution in [1.29, 1.82) is 0 Å². The van der Waals surface area contributed by atoms with Gasteiger partial charge in [0.1, 0.15) is 0 Å². The van der Waals surface area contributed by atoms with Gasteiger partial charge in [-0.1, -0.05) is 6.92 Å². The first-order valence-electron chi connectivity index (χ1n) is 4.31. The van der Waals surface area contributed by atoms with E-state index in [4.69, 9.17) is 5.73 Å². The van der Waals surface area contributed by atoms with E-state index in [9.17, 15) is 9.59 Å². The van der Waals surface area contributed by atoms with E-state index in [1.165, 1.54) is 0 Å². The Bertz CT molecular complexity index is 217. The molecule has 13 heavy (non-hydrogen) atoms. The minimum Gasteiger partial charge on any atom is -0.449 e. The number of ether oxygens (including phenoxy) is 1. The second-order valence-corrected chi connectivity index (χ2v) is 3.29. The molecular formula is C8H14N2O3. The molecule has 74 valence electrons. The number of nitrogens with one attached hydrogen (secondary N) is 1. The predicted molar refractivity (Wildman–Crippen MR) is 45.8 cm³/mol. The third-order valence-electron chi connectivity index (χ3n) is 2.27. The zero-order chi connectivity index (χ0) is 9.84. The molecule has 0 aromatic heterocycles. The van der Waals surface area contributed by atoms with E-state index in [0.717, 1.165) is 6.42 Å². The van der Waals surface area contributed by atoms with Gasteiger partial charge < -0.3 is 15.8 Å². The zero-order valence-corrected chi connectivity index (χ0v) is 7.58. The third kappa shape index (κ3) is 2.61. The van der Waals surface area contributed by atoms with Gasteiger partial charge in [-0.05, 0) is 6.42 Å². The lowest BCUT2D eigenvalue weighted by Gasteiger charge is -2.15. The molecular weight excluding hydrogens is 172 g/mol. The number of hydrogen-bond donors (Lipinski definition) is 2. The van der Waals surface area contributed by atoms with Crippen molar-refractivity contribution < 1.29 is 14.3 Å². The maximum absolute atomic E-state index is 11.2. The van der Waals surface area contributed by atoms with Crippen LogP contribution in [0.25, 0.3) is 0 Å². The van der Waals surface area contributed by atoms with Gasteiger partial charge in [0.25, 0.3) is 0 Å². The number of rotatable bonds is 3. The summed E-state index contributed by atoms with van der Waals surface area (Å²) in [6.45, 7) is 2.80. The van der Waals surface area contributed by atoms with Crippen molar-refractivity contribution in [3.05, 3.63) is 0 Å². The highest BCUT2D eigenvalue weighted by molar-refractivity contribution is 5.80. The van der Waals surface area contributed by atoms with E-state index in [-0.39, 0.29) is 24.3 Å². The first-order valence-corrected chi connectivity index (χ1v) is 4.31. The number of nitrogens with two attached hydrogens (primary N) is 1. The SMILES string of the molecule is CC(COC(N)=O)[C@@H]1CCNC1=O. The van der Waals surface area contributed by atoms with Crippen molar-refractivity contribution >= 4 is 12.0 Å². The molecule has 1 heterocycles. The molecule has 3 N–H and O–H groups in total. The standard InChI is InChI=1S/C8H14N2O3/c1-5(4-13-8(9)12)6-2-3-10-7(6)11/h5-6H,2-4H2,1H3,(H2,9,12)(H,10,11)/t5?,6-/m0/s1. The van der Waals surface area contributed by atoms with Crippen LogP contribution < -0.4 is 11.1 Å². The highest BCUT2D eigenvalue weighted by Gasteiger charge is 2.29. The Labute approximate surface area is 76.6 Å². The van der Waals surface area contributed by atoms with Crippen LogP contribution in [0.5, 0.6) is 0 Å². The van der Waals surface area contributed by atoms with Gasteiger partial charge in [0.15, 0.2) is 0 Å².